The summed E-state index contributed by atoms with van der Waals surface area (Å²) < 4.78 is 0. The molecule has 1 aliphatic rings. The van der Waals surface area contributed by atoms with Gasteiger partial charge in [-0.05, 0) is 25.0 Å². The third-order valence-corrected chi connectivity index (χ3v) is 3.23. The van der Waals surface area contributed by atoms with Crippen molar-refractivity contribution in [1.82, 2.24) is 15.0 Å². The number of carbonyl (C=O) groups excluding carboxylic acids is 1. The molecule has 19 heavy (non-hydrogen) atoms. The van der Waals surface area contributed by atoms with E-state index in [1.54, 1.807) is 11.1 Å². The van der Waals surface area contributed by atoms with Gasteiger partial charge in [-0.3, -0.25) is 9.78 Å². The van der Waals surface area contributed by atoms with Gasteiger partial charge in [0.2, 0.25) is 0 Å². The Morgan fingerprint density at radius 3 is 2.95 bits per heavy atom. The van der Waals surface area contributed by atoms with Gasteiger partial charge in [-0.2, -0.15) is 0 Å². The molecule has 0 N–H and O–H groups in total. The van der Waals surface area contributed by atoms with Gasteiger partial charge in [-0.1, -0.05) is 11.6 Å². The predicted molar refractivity (Wildman–Crippen MR) is 71.3 cm³/mol. The van der Waals surface area contributed by atoms with Crippen molar-refractivity contribution in [2.24, 2.45) is 0 Å². The second-order valence-electron chi connectivity index (χ2n) is 4.25. The molecule has 6 heteroatoms. The monoisotopic (exact) mass is 274 g/mol. The number of hydrogen-bond acceptors (Lipinski definition) is 4. The molecular formula is C13H11ClN4O. The minimum absolute atomic E-state index is 0.168. The summed E-state index contributed by atoms with van der Waals surface area (Å²) in [5, 5.41) is 0.275. The van der Waals surface area contributed by atoms with E-state index >= 15 is 0 Å². The van der Waals surface area contributed by atoms with E-state index in [9.17, 15) is 4.79 Å². The molecule has 3 heterocycles. The maximum absolute atomic E-state index is 12.4. The van der Waals surface area contributed by atoms with Crippen LogP contribution in [0.4, 0.5) is 5.69 Å². The third kappa shape index (κ3) is 2.29. The van der Waals surface area contributed by atoms with E-state index in [0.29, 0.717) is 12.2 Å². The first kappa shape index (κ1) is 12.0. The molecule has 0 bridgehead atoms. The highest BCUT2D eigenvalue weighted by Gasteiger charge is 2.24. The largest absolute Gasteiger partial charge is 0.305 e. The Labute approximate surface area is 115 Å². The van der Waals surface area contributed by atoms with Crippen LogP contribution in [0.2, 0.25) is 5.15 Å². The fourth-order valence-electron chi connectivity index (χ4n) is 2.16. The molecule has 96 valence electrons. The second-order valence-corrected chi connectivity index (χ2v) is 4.64. The molecule has 5 nitrogen and oxygen atoms in total. The van der Waals surface area contributed by atoms with Crippen LogP contribution in [0.25, 0.3) is 0 Å². The average molecular weight is 275 g/mol. The van der Waals surface area contributed by atoms with E-state index in [4.69, 9.17) is 11.6 Å². The summed E-state index contributed by atoms with van der Waals surface area (Å²) in [5.74, 6) is -0.168. The number of amides is 1. The van der Waals surface area contributed by atoms with Gasteiger partial charge in [0.25, 0.3) is 5.91 Å². The van der Waals surface area contributed by atoms with Gasteiger partial charge in [0, 0.05) is 12.7 Å². The molecule has 3 rings (SSSR count). The van der Waals surface area contributed by atoms with Crippen LogP contribution in [-0.4, -0.2) is 27.4 Å². The van der Waals surface area contributed by atoms with Crippen molar-refractivity contribution in [2.45, 2.75) is 12.8 Å². The third-order valence-electron chi connectivity index (χ3n) is 3.04. The maximum atomic E-state index is 12.4. The van der Waals surface area contributed by atoms with Gasteiger partial charge in [0.15, 0.2) is 0 Å². The molecule has 0 saturated heterocycles. The zero-order chi connectivity index (χ0) is 13.2. The molecular weight excluding hydrogens is 264 g/mol. The highest BCUT2D eigenvalue weighted by atomic mass is 35.5. The molecule has 0 aromatic carbocycles. The summed E-state index contributed by atoms with van der Waals surface area (Å²) >= 11 is 5.67. The van der Waals surface area contributed by atoms with E-state index in [2.05, 4.69) is 15.0 Å². The summed E-state index contributed by atoms with van der Waals surface area (Å²) in [6, 6.07) is 3.74. The Morgan fingerprint density at radius 2 is 2.16 bits per heavy atom. The van der Waals surface area contributed by atoms with Gasteiger partial charge in [-0.15, -0.1) is 0 Å². The number of nitrogens with zero attached hydrogens (tertiary/aromatic N) is 4. The summed E-state index contributed by atoms with van der Waals surface area (Å²) in [6.07, 6.45) is 6.32. The minimum atomic E-state index is -0.168. The number of halogens is 1. The molecule has 1 aliphatic heterocycles. The molecule has 2 aromatic heterocycles. The number of carbonyl (C=O) groups is 1. The average Bonchev–Trinajstić information content (AvgIpc) is 2.47. The van der Waals surface area contributed by atoms with Crippen LogP contribution < -0.4 is 4.90 Å². The fourth-order valence-corrected chi connectivity index (χ4v) is 2.26. The Bertz CT molecular complexity index is 614. The molecule has 0 saturated carbocycles. The highest BCUT2D eigenvalue weighted by molar-refractivity contribution is 6.29. The van der Waals surface area contributed by atoms with E-state index in [0.717, 1.165) is 24.2 Å². The first-order chi connectivity index (χ1) is 9.25. The Balaban J connectivity index is 1.95. The summed E-state index contributed by atoms with van der Waals surface area (Å²) in [6.45, 7) is 0.668. The highest BCUT2D eigenvalue weighted by Crippen LogP contribution is 2.25. The van der Waals surface area contributed by atoms with Crippen molar-refractivity contribution in [3.63, 3.8) is 0 Å². The van der Waals surface area contributed by atoms with Gasteiger partial charge >= 0.3 is 0 Å². The number of fused-ring (bicyclic) bond motifs is 1. The molecule has 0 atom stereocenters. The van der Waals surface area contributed by atoms with Crippen LogP contribution >= 0.6 is 11.6 Å². The van der Waals surface area contributed by atoms with Gasteiger partial charge in [0.05, 0.1) is 23.8 Å². The quantitative estimate of drug-likeness (QED) is 0.799. The zero-order valence-corrected chi connectivity index (χ0v) is 10.8. The first-order valence-electron chi connectivity index (χ1n) is 5.99. The fraction of sp³-hybridized carbons (Fsp3) is 0.231. The van der Waals surface area contributed by atoms with E-state index < -0.39 is 0 Å². The molecule has 0 spiro atoms. The summed E-state index contributed by atoms with van der Waals surface area (Å²) in [7, 11) is 0. The number of anilines is 1. The SMILES string of the molecule is O=C(c1cnc(Cl)cn1)N1CCCc2ncccc21. The Hall–Kier alpha value is -2.01. The van der Waals surface area contributed by atoms with Crippen molar-refractivity contribution in [3.05, 3.63) is 47.3 Å². The van der Waals surface area contributed by atoms with Crippen LogP contribution in [0.5, 0.6) is 0 Å². The molecule has 2 aromatic rings. The molecule has 1 amide bonds. The van der Waals surface area contributed by atoms with E-state index in [1.807, 2.05) is 12.1 Å². The van der Waals surface area contributed by atoms with Gasteiger partial charge in [0.1, 0.15) is 10.8 Å². The molecule has 0 fully saturated rings. The predicted octanol–water partition coefficient (Wildman–Crippen LogP) is 2.12. The number of pyridine rings is 1. The van der Waals surface area contributed by atoms with Crippen molar-refractivity contribution in [2.75, 3.05) is 11.4 Å². The summed E-state index contributed by atoms with van der Waals surface area (Å²) in [4.78, 5) is 26.3. The van der Waals surface area contributed by atoms with Crippen LogP contribution in [0.1, 0.15) is 22.6 Å². The molecule has 0 radical (unpaired) electrons. The first-order valence-corrected chi connectivity index (χ1v) is 6.37. The Morgan fingerprint density at radius 1 is 1.26 bits per heavy atom. The van der Waals surface area contributed by atoms with Crippen molar-refractivity contribution < 1.29 is 4.79 Å². The molecule has 0 unspecified atom stereocenters. The lowest BCUT2D eigenvalue weighted by molar-refractivity contribution is 0.0979. The van der Waals surface area contributed by atoms with Crippen molar-refractivity contribution in [3.8, 4) is 0 Å². The Kier molecular flexibility index (Phi) is 3.13. The van der Waals surface area contributed by atoms with Crippen molar-refractivity contribution >= 4 is 23.2 Å². The topological polar surface area (TPSA) is 59.0 Å². The maximum Gasteiger partial charge on any atom is 0.278 e. The number of aromatic nitrogens is 3. The number of rotatable bonds is 1. The summed E-state index contributed by atoms with van der Waals surface area (Å²) in [5.41, 5.74) is 2.10. The lowest BCUT2D eigenvalue weighted by atomic mass is 10.1. The minimum Gasteiger partial charge on any atom is -0.305 e. The van der Waals surface area contributed by atoms with E-state index in [-0.39, 0.29) is 11.1 Å². The standard InChI is InChI=1S/C13H11ClN4O/c14-12-8-16-10(7-17-12)13(19)18-6-2-3-9-11(18)4-1-5-15-9/h1,4-5,7-8H,2-3,6H2. The van der Waals surface area contributed by atoms with Gasteiger partial charge < -0.3 is 4.90 Å². The van der Waals surface area contributed by atoms with Crippen LogP contribution in [0.3, 0.4) is 0 Å². The van der Waals surface area contributed by atoms with Crippen LogP contribution in [-0.2, 0) is 6.42 Å². The number of hydrogen-bond donors (Lipinski definition) is 0. The van der Waals surface area contributed by atoms with Crippen LogP contribution in [0.15, 0.2) is 30.7 Å². The lowest BCUT2D eigenvalue weighted by Gasteiger charge is -2.28. The lowest BCUT2D eigenvalue weighted by Crippen LogP contribution is -2.36. The van der Waals surface area contributed by atoms with E-state index in [1.165, 1.54) is 12.4 Å². The number of aryl methyl sites for hydroxylation is 1. The smallest absolute Gasteiger partial charge is 0.278 e. The zero-order valence-electron chi connectivity index (χ0n) is 10.1. The van der Waals surface area contributed by atoms with Crippen molar-refractivity contribution in [1.29, 1.82) is 0 Å². The van der Waals surface area contributed by atoms with Crippen LogP contribution in [0, 0.1) is 0 Å². The molecule has 0 aliphatic carbocycles. The van der Waals surface area contributed by atoms with Gasteiger partial charge in [-0.25, -0.2) is 9.97 Å². The second kappa shape index (κ2) is 4.93. The normalized spacial score (nSPS) is 14.1.